The predicted molar refractivity (Wildman–Crippen MR) is 77.4 cm³/mol. The molecule has 0 radical (unpaired) electrons. The molecule has 5 nitrogen and oxygen atoms in total. The van der Waals surface area contributed by atoms with Crippen LogP contribution in [0.1, 0.15) is 30.5 Å². The van der Waals surface area contributed by atoms with Crippen LogP contribution in [0.5, 0.6) is 0 Å². The number of carbonyl (C=O) groups is 1. The van der Waals surface area contributed by atoms with Gasteiger partial charge in [-0.25, -0.2) is 0 Å². The molecule has 0 N–H and O–H groups in total. The van der Waals surface area contributed by atoms with Gasteiger partial charge in [0, 0.05) is 50.5 Å². The Bertz CT molecular complexity index is 506. The minimum absolute atomic E-state index is 0.212. The van der Waals surface area contributed by atoms with Crippen molar-refractivity contribution in [1.82, 2.24) is 19.6 Å². The highest BCUT2D eigenvalue weighted by Crippen LogP contribution is 2.31. The molecule has 110 valence electrons. The first-order valence-electron chi connectivity index (χ1n) is 7.53. The number of aryl methyl sites for hydroxylation is 1. The summed E-state index contributed by atoms with van der Waals surface area (Å²) in [5.74, 6) is 0.212. The van der Waals surface area contributed by atoms with Crippen LogP contribution in [-0.2, 0) is 18.3 Å². The van der Waals surface area contributed by atoms with Crippen molar-refractivity contribution in [2.45, 2.75) is 44.7 Å². The molecular weight excluding hydrogens is 252 g/mol. The molecule has 1 aliphatic carbocycles. The van der Waals surface area contributed by atoms with E-state index in [0.717, 1.165) is 36.8 Å². The standard InChI is InChI=1S/C15H24N4O/c1-11-12(9-16-18(11)3)8-15(20)17(2)14-6-7-19(10-14)13-4-5-13/h9,13-14H,4-8,10H2,1-3H3. The minimum Gasteiger partial charge on any atom is -0.341 e. The third-order valence-electron chi connectivity index (χ3n) is 4.88. The fraction of sp³-hybridized carbons (Fsp3) is 0.733. The smallest absolute Gasteiger partial charge is 0.227 e. The third-order valence-corrected chi connectivity index (χ3v) is 4.88. The van der Waals surface area contributed by atoms with Crippen molar-refractivity contribution >= 4 is 5.91 Å². The summed E-state index contributed by atoms with van der Waals surface area (Å²) in [5.41, 5.74) is 2.12. The Morgan fingerprint density at radius 1 is 1.45 bits per heavy atom. The van der Waals surface area contributed by atoms with Crippen molar-refractivity contribution in [3.63, 3.8) is 0 Å². The second-order valence-electron chi connectivity index (χ2n) is 6.23. The molecule has 20 heavy (non-hydrogen) atoms. The lowest BCUT2D eigenvalue weighted by atomic mass is 10.1. The van der Waals surface area contributed by atoms with Crippen LogP contribution in [0, 0.1) is 6.92 Å². The van der Waals surface area contributed by atoms with Gasteiger partial charge in [-0.15, -0.1) is 0 Å². The zero-order valence-corrected chi connectivity index (χ0v) is 12.7. The van der Waals surface area contributed by atoms with Crippen LogP contribution >= 0.6 is 0 Å². The summed E-state index contributed by atoms with van der Waals surface area (Å²) in [6.45, 7) is 4.22. The maximum atomic E-state index is 12.4. The Labute approximate surface area is 120 Å². The first-order chi connectivity index (χ1) is 9.56. The van der Waals surface area contributed by atoms with Gasteiger partial charge in [-0.3, -0.25) is 14.4 Å². The van der Waals surface area contributed by atoms with Crippen molar-refractivity contribution in [2.75, 3.05) is 20.1 Å². The van der Waals surface area contributed by atoms with Crippen LogP contribution in [-0.4, -0.2) is 57.7 Å². The number of nitrogens with zero attached hydrogens (tertiary/aromatic N) is 4. The average molecular weight is 276 g/mol. The molecule has 1 aliphatic heterocycles. The lowest BCUT2D eigenvalue weighted by molar-refractivity contribution is -0.131. The van der Waals surface area contributed by atoms with Gasteiger partial charge < -0.3 is 4.90 Å². The largest absolute Gasteiger partial charge is 0.341 e. The molecule has 1 saturated carbocycles. The number of likely N-dealkylation sites (tertiary alicyclic amines) is 1. The average Bonchev–Trinajstić information content (AvgIpc) is 3.10. The van der Waals surface area contributed by atoms with Crippen LogP contribution < -0.4 is 0 Å². The summed E-state index contributed by atoms with van der Waals surface area (Å²) >= 11 is 0. The van der Waals surface area contributed by atoms with Gasteiger partial charge in [-0.2, -0.15) is 5.10 Å². The molecule has 2 aliphatic rings. The Balaban J connectivity index is 1.58. The van der Waals surface area contributed by atoms with Crippen molar-refractivity contribution in [3.05, 3.63) is 17.5 Å². The SMILES string of the molecule is Cc1c(CC(=O)N(C)C2CCN(C3CC3)C2)cnn1C. The zero-order valence-electron chi connectivity index (χ0n) is 12.7. The molecule has 2 fully saturated rings. The van der Waals surface area contributed by atoms with Gasteiger partial charge in [0.25, 0.3) is 0 Å². The van der Waals surface area contributed by atoms with Gasteiger partial charge in [-0.1, -0.05) is 0 Å². The topological polar surface area (TPSA) is 41.4 Å². The van der Waals surface area contributed by atoms with E-state index in [1.807, 2.05) is 36.8 Å². The molecule has 2 heterocycles. The van der Waals surface area contributed by atoms with Gasteiger partial charge in [0.15, 0.2) is 0 Å². The molecule has 1 saturated heterocycles. The number of hydrogen-bond donors (Lipinski definition) is 0. The first-order valence-corrected chi connectivity index (χ1v) is 7.53. The van der Waals surface area contributed by atoms with Crippen molar-refractivity contribution in [3.8, 4) is 0 Å². The van der Waals surface area contributed by atoms with Crippen LogP contribution in [0.2, 0.25) is 0 Å². The summed E-state index contributed by atoms with van der Waals surface area (Å²) in [6.07, 6.45) is 6.09. The molecule has 1 unspecified atom stereocenters. The van der Waals surface area contributed by atoms with Gasteiger partial charge in [-0.05, 0) is 26.2 Å². The van der Waals surface area contributed by atoms with Gasteiger partial charge >= 0.3 is 0 Å². The lowest BCUT2D eigenvalue weighted by Crippen LogP contribution is -2.40. The fourth-order valence-corrected chi connectivity index (χ4v) is 3.06. The number of likely N-dealkylation sites (N-methyl/N-ethyl adjacent to an activating group) is 1. The number of amides is 1. The van der Waals surface area contributed by atoms with Gasteiger partial charge in [0.2, 0.25) is 5.91 Å². The van der Waals surface area contributed by atoms with E-state index in [-0.39, 0.29) is 5.91 Å². The zero-order chi connectivity index (χ0) is 14.3. The van der Waals surface area contributed by atoms with Crippen LogP contribution in [0.4, 0.5) is 0 Å². The highest BCUT2D eigenvalue weighted by molar-refractivity contribution is 5.79. The van der Waals surface area contributed by atoms with E-state index in [4.69, 9.17) is 0 Å². The molecule has 0 spiro atoms. The number of carbonyl (C=O) groups excluding carboxylic acids is 1. The summed E-state index contributed by atoms with van der Waals surface area (Å²) in [6, 6.07) is 1.20. The maximum absolute atomic E-state index is 12.4. The summed E-state index contributed by atoms with van der Waals surface area (Å²) in [5, 5.41) is 4.21. The van der Waals surface area contributed by atoms with E-state index in [1.54, 1.807) is 0 Å². The summed E-state index contributed by atoms with van der Waals surface area (Å²) < 4.78 is 1.83. The number of rotatable bonds is 4. The van der Waals surface area contributed by atoms with Crippen molar-refractivity contribution in [1.29, 1.82) is 0 Å². The highest BCUT2D eigenvalue weighted by atomic mass is 16.2. The normalized spacial score (nSPS) is 23.2. The molecular formula is C15H24N4O. The predicted octanol–water partition coefficient (Wildman–Crippen LogP) is 0.966. The van der Waals surface area contributed by atoms with E-state index >= 15 is 0 Å². The van der Waals surface area contributed by atoms with Crippen LogP contribution in [0.25, 0.3) is 0 Å². The quantitative estimate of drug-likeness (QED) is 0.823. The second kappa shape index (κ2) is 5.20. The van der Waals surface area contributed by atoms with Gasteiger partial charge in [0.1, 0.15) is 0 Å². The second-order valence-corrected chi connectivity index (χ2v) is 6.23. The molecule has 1 aromatic heterocycles. The minimum atomic E-state index is 0.212. The Kier molecular flexibility index (Phi) is 3.54. The molecule has 0 bridgehead atoms. The van der Waals surface area contributed by atoms with Crippen molar-refractivity contribution < 1.29 is 4.79 Å². The third kappa shape index (κ3) is 2.59. The summed E-state index contributed by atoms with van der Waals surface area (Å²) in [7, 11) is 3.87. The molecule has 3 rings (SSSR count). The number of hydrogen-bond acceptors (Lipinski definition) is 3. The Hall–Kier alpha value is -1.36. The highest BCUT2D eigenvalue weighted by Gasteiger charge is 2.36. The Morgan fingerprint density at radius 3 is 2.80 bits per heavy atom. The maximum Gasteiger partial charge on any atom is 0.227 e. The first kappa shape index (κ1) is 13.6. The molecule has 1 aromatic rings. The number of aromatic nitrogens is 2. The van der Waals surface area contributed by atoms with E-state index in [9.17, 15) is 4.79 Å². The van der Waals surface area contributed by atoms with E-state index in [0.29, 0.717) is 12.5 Å². The molecule has 5 heteroatoms. The Morgan fingerprint density at radius 2 is 2.20 bits per heavy atom. The molecule has 1 amide bonds. The van der Waals surface area contributed by atoms with Crippen LogP contribution in [0.3, 0.4) is 0 Å². The lowest BCUT2D eigenvalue weighted by Gasteiger charge is -2.25. The monoisotopic (exact) mass is 276 g/mol. The molecule has 0 aromatic carbocycles. The van der Waals surface area contributed by atoms with E-state index in [2.05, 4.69) is 10.00 Å². The van der Waals surface area contributed by atoms with E-state index < -0.39 is 0 Å². The van der Waals surface area contributed by atoms with Crippen LogP contribution in [0.15, 0.2) is 6.20 Å². The fourth-order valence-electron chi connectivity index (χ4n) is 3.06. The van der Waals surface area contributed by atoms with Gasteiger partial charge in [0.05, 0.1) is 12.6 Å². The molecule has 1 atom stereocenters. The van der Waals surface area contributed by atoms with Crippen molar-refractivity contribution in [2.24, 2.45) is 7.05 Å². The summed E-state index contributed by atoms with van der Waals surface area (Å²) in [4.78, 5) is 16.9. The van der Waals surface area contributed by atoms with E-state index in [1.165, 1.54) is 12.8 Å².